The third-order valence-electron chi connectivity index (χ3n) is 5.88. The van der Waals surface area contributed by atoms with Crippen molar-refractivity contribution >= 4 is 40.7 Å². The molecule has 0 saturated carbocycles. The van der Waals surface area contributed by atoms with Gasteiger partial charge >= 0.3 is 7.12 Å². The lowest BCUT2D eigenvalue weighted by atomic mass is 9.74. The quantitative estimate of drug-likeness (QED) is 0.388. The third kappa shape index (κ3) is 6.21. The summed E-state index contributed by atoms with van der Waals surface area (Å²) in [4.78, 5) is 30.7. The Morgan fingerprint density at radius 3 is 2.33 bits per heavy atom. The minimum Gasteiger partial charge on any atom is -0.426 e. The molecule has 2 aromatic heterocycles. The van der Waals surface area contributed by atoms with Gasteiger partial charge in [-0.2, -0.15) is 0 Å². The van der Waals surface area contributed by atoms with E-state index < -0.39 is 19.0 Å². The fourth-order valence-electron chi connectivity index (χ4n) is 4.46. The lowest BCUT2D eigenvalue weighted by Gasteiger charge is -2.24. The van der Waals surface area contributed by atoms with Gasteiger partial charge in [0.05, 0.1) is 29.0 Å². The predicted molar refractivity (Wildman–Crippen MR) is 131 cm³/mol. The molecule has 2 heterocycles. The summed E-state index contributed by atoms with van der Waals surface area (Å²) in [5.41, 5.74) is 2.67. The molecule has 0 aliphatic carbocycles. The van der Waals surface area contributed by atoms with Crippen LogP contribution in [0.1, 0.15) is 47.0 Å². The van der Waals surface area contributed by atoms with Crippen LogP contribution >= 0.6 is 0 Å². The average Bonchev–Trinajstić information content (AvgIpc) is 3.06. The van der Waals surface area contributed by atoms with Gasteiger partial charge in [0, 0.05) is 23.9 Å². The van der Waals surface area contributed by atoms with Gasteiger partial charge in [-0.25, -0.2) is 0 Å². The second-order valence-electron chi connectivity index (χ2n) is 9.70. The summed E-state index contributed by atoms with van der Waals surface area (Å²) < 4.78 is 1.96. The Hall–Kier alpha value is -2.71. The number of pyridine rings is 1. The minimum absolute atomic E-state index is 0.0488. The number of hydrogen-bond donors (Lipinski definition) is 3. The van der Waals surface area contributed by atoms with Crippen molar-refractivity contribution in [3.63, 3.8) is 0 Å². The number of Topliss-reactive ketones (excluding diaryl/α,β-unsaturated/α-hetero) is 1. The largest absolute Gasteiger partial charge is 0.475 e. The van der Waals surface area contributed by atoms with Crippen molar-refractivity contribution in [2.75, 3.05) is 0 Å². The molecule has 0 unspecified atom stereocenters. The minimum atomic E-state index is -1.64. The maximum atomic E-state index is 13.2. The molecule has 1 amide bonds. The van der Waals surface area contributed by atoms with Crippen molar-refractivity contribution in [3.05, 3.63) is 42.6 Å². The van der Waals surface area contributed by atoms with Gasteiger partial charge in [-0.15, -0.1) is 0 Å². The molecule has 1 aromatic carbocycles. The molecule has 176 valence electrons. The van der Waals surface area contributed by atoms with Crippen LogP contribution in [-0.2, 0) is 16.1 Å². The van der Waals surface area contributed by atoms with Gasteiger partial charge in [0.25, 0.3) is 0 Å². The van der Waals surface area contributed by atoms with E-state index in [1.165, 1.54) is 0 Å². The maximum Gasteiger partial charge on any atom is 0.475 e. The molecule has 3 aromatic rings. The van der Waals surface area contributed by atoms with Gasteiger partial charge in [0.2, 0.25) is 5.91 Å². The number of nitrogens with zero attached hydrogens (tertiary/aromatic N) is 2. The molecule has 0 aliphatic heterocycles. The normalized spacial score (nSPS) is 13.6. The molecule has 0 fully saturated rings. The summed E-state index contributed by atoms with van der Waals surface area (Å²) in [5, 5.41) is 23.1. The summed E-state index contributed by atoms with van der Waals surface area (Å²) in [7, 11) is -1.64. The molecular formula is C25H34BN3O4. The first-order chi connectivity index (χ1) is 15.7. The van der Waals surface area contributed by atoms with Crippen LogP contribution < -0.4 is 5.32 Å². The van der Waals surface area contributed by atoms with E-state index in [1.807, 2.05) is 68.7 Å². The van der Waals surface area contributed by atoms with E-state index >= 15 is 0 Å². The first-order valence-corrected chi connectivity index (χ1v) is 11.7. The van der Waals surface area contributed by atoms with E-state index in [0.29, 0.717) is 12.8 Å². The highest BCUT2D eigenvalue weighted by atomic mass is 16.4. The number of amides is 1. The van der Waals surface area contributed by atoms with Gasteiger partial charge in [0.15, 0.2) is 5.78 Å². The summed E-state index contributed by atoms with van der Waals surface area (Å²) in [6.45, 7) is 8.08. The molecule has 33 heavy (non-hydrogen) atoms. The number of fused-ring (bicyclic) bond motifs is 3. The summed E-state index contributed by atoms with van der Waals surface area (Å²) in [6.07, 6.45) is 2.82. The van der Waals surface area contributed by atoms with Crippen LogP contribution in [0.5, 0.6) is 0 Å². The molecule has 0 aliphatic rings. The van der Waals surface area contributed by atoms with Gasteiger partial charge in [-0.1, -0.05) is 45.9 Å². The van der Waals surface area contributed by atoms with Crippen molar-refractivity contribution in [2.24, 2.45) is 17.8 Å². The number of rotatable bonds is 11. The molecule has 3 N–H and O–H groups in total. The van der Waals surface area contributed by atoms with Crippen LogP contribution in [0.15, 0.2) is 42.6 Å². The van der Waals surface area contributed by atoms with Crippen molar-refractivity contribution < 1.29 is 19.6 Å². The molecule has 3 rings (SSSR count). The summed E-state index contributed by atoms with van der Waals surface area (Å²) in [6, 6.07) is 11.7. The van der Waals surface area contributed by atoms with Crippen molar-refractivity contribution in [1.82, 2.24) is 14.9 Å². The topological polar surface area (TPSA) is 104 Å². The van der Waals surface area contributed by atoms with Gasteiger partial charge in [-0.3, -0.25) is 14.6 Å². The van der Waals surface area contributed by atoms with Gasteiger partial charge < -0.3 is 19.9 Å². The molecule has 8 heteroatoms. The molecule has 0 spiro atoms. The van der Waals surface area contributed by atoms with Crippen LogP contribution in [0, 0.1) is 17.8 Å². The highest BCUT2D eigenvalue weighted by molar-refractivity contribution is 6.43. The Bertz CT molecular complexity index is 1060. The highest BCUT2D eigenvalue weighted by Gasteiger charge is 2.30. The first kappa shape index (κ1) is 24.9. The van der Waals surface area contributed by atoms with Crippen LogP contribution in [0.25, 0.3) is 21.9 Å². The molecule has 0 radical (unpaired) electrons. The summed E-state index contributed by atoms with van der Waals surface area (Å²) >= 11 is 0. The zero-order chi connectivity index (χ0) is 24.1. The monoisotopic (exact) mass is 451 g/mol. The molecular weight excluding hydrogens is 417 g/mol. The molecule has 0 saturated heterocycles. The van der Waals surface area contributed by atoms with E-state index in [-0.39, 0.29) is 36.5 Å². The van der Waals surface area contributed by atoms with E-state index in [2.05, 4.69) is 10.3 Å². The Labute approximate surface area is 195 Å². The van der Waals surface area contributed by atoms with Crippen molar-refractivity contribution in [1.29, 1.82) is 0 Å². The number of ketones is 1. The number of para-hydroxylation sites is 1. The van der Waals surface area contributed by atoms with Crippen LogP contribution in [-0.4, -0.2) is 44.3 Å². The molecule has 2 atom stereocenters. The second kappa shape index (κ2) is 10.9. The van der Waals surface area contributed by atoms with Crippen LogP contribution in [0.2, 0.25) is 0 Å². The molecule has 7 nitrogen and oxygen atoms in total. The maximum absolute atomic E-state index is 13.2. The Morgan fingerprint density at radius 1 is 1.00 bits per heavy atom. The smallest absolute Gasteiger partial charge is 0.426 e. The van der Waals surface area contributed by atoms with Crippen molar-refractivity contribution in [2.45, 2.75) is 59.4 Å². The highest BCUT2D eigenvalue weighted by Crippen LogP contribution is 2.27. The average molecular weight is 451 g/mol. The lowest BCUT2D eigenvalue weighted by Crippen LogP contribution is -2.49. The van der Waals surface area contributed by atoms with Gasteiger partial charge in [-0.05, 0) is 42.9 Å². The predicted octanol–water partition coefficient (Wildman–Crippen LogP) is 3.35. The fraction of sp³-hybridized carbons (Fsp3) is 0.480. The number of nitrogens with one attached hydrogen (secondary N) is 1. The number of carbonyl (C=O) groups excluding carboxylic acids is 2. The number of benzene rings is 1. The molecule has 0 bridgehead atoms. The standard InChI is InChI=1S/C25H34BN3O4/c1-16(2)12-18(25(31)28-23(26(32)33)13-17(3)4)14-19(30)15-29-21-9-6-5-8-20(21)24-22(29)10-7-11-27-24/h5-11,16-18,23,32-33H,12-15H2,1-4H3,(H,28,31)/t18-,23+/m1/s1. The first-order valence-electron chi connectivity index (χ1n) is 11.7. The van der Waals surface area contributed by atoms with E-state index in [9.17, 15) is 19.6 Å². The van der Waals surface area contributed by atoms with E-state index in [1.54, 1.807) is 6.20 Å². The van der Waals surface area contributed by atoms with E-state index in [0.717, 1.165) is 21.9 Å². The SMILES string of the molecule is CC(C)C[C@H](CC(=O)Cn1c2ccccc2c2ncccc21)C(=O)N[C@@H](CC(C)C)B(O)O. The fourth-order valence-corrected chi connectivity index (χ4v) is 4.46. The Kier molecular flexibility index (Phi) is 8.27. The van der Waals surface area contributed by atoms with Crippen LogP contribution in [0.3, 0.4) is 0 Å². The third-order valence-corrected chi connectivity index (χ3v) is 5.88. The lowest BCUT2D eigenvalue weighted by molar-refractivity contribution is -0.130. The number of carbonyl (C=O) groups is 2. The Balaban J connectivity index is 1.80. The van der Waals surface area contributed by atoms with Crippen LogP contribution in [0.4, 0.5) is 0 Å². The zero-order valence-corrected chi connectivity index (χ0v) is 19.9. The van der Waals surface area contributed by atoms with E-state index in [4.69, 9.17) is 0 Å². The number of hydrogen-bond acceptors (Lipinski definition) is 5. The Morgan fingerprint density at radius 2 is 1.67 bits per heavy atom. The number of aromatic nitrogens is 2. The summed E-state index contributed by atoms with van der Waals surface area (Å²) in [5.74, 6) is -1.24. The second-order valence-corrected chi connectivity index (χ2v) is 9.70. The zero-order valence-electron chi connectivity index (χ0n) is 19.9. The van der Waals surface area contributed by atoms with Gasteiger partial charge in [0.1, 0.15) is 0 Å². The van der Waals surface area contributed by atoms with Crippen molar-refractivity contribution in [3.8, 4) is 0 Å².